The summed E-state index contributed by atoms with van der Waals surface area (Å²) in [7, 11) is -3.26. The molecule has 0 spiro atoms. The summed E-state index contributed by atoms with van der Waals surface area (Å²) in [5.74, 6) is 0.651. The Morgan fingerprint density at radius 3 is 1.95 bits per heavy atom. The quantitative estimate of drug-likeness (QED) is 0.868. The van der Waals surface area contributed by atoms with Crippen molar-refractivity contribution in [3.05, 3.63) is 66.2 Å². The van der Waals surface area contributed by atoms with E-state index in [0.717, 1.165) is 12.8 Å². The summed E-state index contributed by atoms with van der Waals surface area (Å²) in [6.07, 6.45) is 3.28. The minimum atomic E-state index is -3.26. The highest BCUT2D eigenvalue weighted by Gasteiger charge is 3.03. The van der Waals surface area contributed by atoms with E-state index in [9.17, 15) is 8.42 Å². The van der Waals surface area contributed by atoms with Crippen molar-refractivity contribution in [1.29, 1.82) is 0 Å². The lowest BCUT2D eigenvalue weighted by Gasteiger charge is -2.28. The lowest BCUT2D eigenvalue weighted by molar-refractivity contribution is 0.320. The molecule has 0 amide bonds. The Morgan fingerprint density at radius 1 is 0.818 bits per heavy atom. The van der Waals surface area contributed by atoms with E-state index in [1.54, 1.807) is 12.1 Å². The topological polar surface area (TPSA) is 34.1 Å². The third kappa shape index (κ3) is 1.12. The van der Waals surface area contributed by atoms with Crippen molar-refractivity contribution in [3.8, 4) is 0 Å². The molecular weight excluding hydrogens is 292 g/mol. The van der Waals surface area contributed by atoms with Crippen molar-refractivity contribution in [2.45, 2.75) is 34.3 Å². The number of benzene rings is 2. The van der Waals surface area contributed by atoms with Gasteiger partial charge in [0.25, 0.3) is 0 Å². The van der Waals surface area contributed by atoms with Crippen LogP contribution >= 0.6 is 0 Å². The third-order valence-corrected chi connectivity index (χ3v) is 9.04. The maximum atomic E-state index is 13.4. The van der Waals surface area contributed by atoms with E-state index in [2.05, 4.69) is 12.1 Å². The van der Waals surface area contributed by atoms with Gasteiger partial charge in [-0.25, -0.2) is 8.42 Å². The Balaban J connectivity index is 1.68. The first-order valence-electron chi connectivity index (χ1n) is 8.03. The van der Waals surface area contributed by atoms with Gasteiger partial charge in [-0.15, -0.1) is 0 Å². The van der Waals surface area contributed by atoms with Crippen molar-refractivity contribution >= 4 is 9.84 Å². The summed E-state index contributed by atoms with van der Waals surface area (Å²) in [6, 6.07) is 19.4. The zero-order valence-electron chi connectivity index (χ0n) is 12.3. The van der Waals surface area contributed by atoms with E-state index >= 15 is 0 Å². The first-order valence-corrected chi connectivity index (χ1v) is 9.52. The van der Waals surface area contributed by atoms with Crippen LogP contribution in [0.3, 0.4) is 0 Å². The van der Waals surface area contributed by atoms with Gasteiger partial charge in [-0.05, 0) is 42.4 Å². The van der Waals surface area contributed by atoms with E-state index < -0.39 is 14.6 Å². The SMILES string of the molecule is O=S(=O)(c1ccccc1)C12[C@@H]3CCC[C@H]1C32c1ccccc1. The summed E-state index contributed by atoms with van der Waals surface area (Å²) in [4.78, 5) is 0.502. The predicted octanol–water partition coefficient (Wildman–Crippen LogP) is 3.58. The van der Waals surface area contributed by atoms with Gasteiger partial charge in [-0.2, -0.15) is 0 Å². The summed E-state index contributed by atoms with van der Waals surface area (Å²) in [5.41, 5.74) is 1.16. The molecule has 0 saturated heterocycles. The highest BCUT2D eigenvalue weighted by atomic mass is 32.2. The third-order valence-electron chi connectivity index (χ3n) is 6.35. The molecule has 2 nitrogen and oxygen atoms in total. The molecule has 3 heteroatoms. The Hall–Kier alpha value is -1.61. The van der Waals surface area contributed by atoms with Gasteiger partial charge in [0, 0.05) is 5.41 Å². The molecule has 3 fully saturated rings. The van der Waals surface area contributed by atoms with Gasteiger partial charge in [0.1, 0.15) is 0 Å². The summed E-state index contributed by atoms with van der Waals surface area (Å²) < 4.78 is 26.2. The molecule has 0 N–H and O–H groups in total. The summed E-state index contributed by atoms with van der Waals surface area (Å²) >= 11 is 0. The molecule has 0 bridgehead atoms. The van der Waals surface area contributed by atoms with Crippen LogP contribution in [0.25, 0.3) is 0 Å². The van der Waals surface area contributed by atoms with Crippen LogP contribution in [-0.4, -0.2) is 13.2 Å². The van der Waals surface area contributed by atoms with Crippen LogP contribution in [0.15, 0.2) is 65.6 Å². The fourth-order valence-corrected chi connectivity index (χ4v) is 8.67. The van der Waals surface area contributed by atoms with E-state index in [1.807, 2.05) is 36.4 Å². The van der Waals surface area contributed by atoms with E-state index in [4.69, 9.17) is 0 Å². The molecule has 0 heterocycles. The van der Waals surface area contributed by atoms with Gasteiger partial charge in [0.15, 0.2) is 9.84 Å². The minimum Gasteiger partial charge on any atom is -0.223 e. The molecule has 4 atom stereocenters. The highest BCUT2D eigenvalue weighted by Crippen LogP contribution is 2.94. The summed E-state index contributed by atoms with van der Waals surface area (Å²) in [6.45, 7) is 0. The second-order valence-electron chi connectivity index (χ2n) is 6.88. The van der Waals surface area contributed by atoms with Crippen LogP contribution in [0.1, 0.15) is 24.8 Å². The minimum absolute atomic E-state index is 0.0822. The molecule has 3 aliphatic carbocycles. The van der Waals surface area contributed by atoms with Crippen LogP contribution in [0.2, 0.25) is 0 Å². The molecule has 5 rings (SSSR count). The standard InChI is InChI=1S/C19H18O2S/c20-22(21,15-10-5-2-6-11-15)19-16-12-7-13-17(19)18(16,19)14-8-3-1-4-9-14/h1-6,8-11,16-17H,7,12-13H2/t16-,17+,18?,19?. The van der Waals surface area contributed by atoms with E-state index in [0.29, 0.717) is 16.7 Å². The normalized spacial score (nSPS) is 38.2. The van der Waals surface area contributed by atoms with Crippen molar-refractivity contribution in [2.24, 2.45) is 11.8 Å². The number of hydrogen-bond acceptors (Lipinski definition) is 2. The van der Waals surface area contributed by atoms with Gasteiger partial charge >= 0.3 is 0 Å². The van der Waals surface area contributed by atoms with Gasteiger partial charge in [0.2, 0.25) is 0 Å². The Kier molecular flexibility index (Phi) is 2.24. The molecule has 0 aliphatic heterocycles. The molecule has 2 unspecified atom stereocenters. The van der Waals surface area contributed by atoms with E-state index in [1.165, 1.54) is 12.0 Å². The van der Waals surface area contributed by atoms with Crippen molar-refractivity contribution < 1.29 is 8.42 Å². The lowest BCUT2D eigenvalue weighted by Crippen LogP contribution is -2.29. The molecule has 0 radical (unpaired) electrons. The van der Waals surface area contributed by atoms with Gasteiger partial charge < -0.3 is 0 Å². The van der Waals surface area contributed by atoms with Crippen molar-refractivity contribution in [2.75, 3.05) is 0 Å². The largest absolute Gasteiger partial charge is 0.223 e. The molecule has 22 heavy (non-hydrogen) atoms. The van der Waals surface area contributed by atoms with Crippen LogP contribution in [0.5, 0.6) is 0 Å². The number of fused-ring (bicyclic) bond motifs is 2. The number of hydrogen-bond donors (Lipinski definition) is 0. The zero-order chi connectivity index (χ0) is 15.0. The molecular formula is C19H18O2S. The van der Waals surface area contributed by atoms with Crippen LogP contribution in [0, 0.1) is 11.8 Å². The molecule has 2 aromatic carbocycles. The maximum Gasteiger partial charge on any atom is 0.185 e. The fraction of sp³-hybridized carbons (Fsp3) is 0.368. The average Bonchev–Trinajstić information content (AvgIpc) is 3.44. The Labute approximate surface area is 131 Å². The first kappa shape index (κ1) is 12.9. The number of rotatable bonds is 3. The van der Waals surface area contributed by atoms with Crippen molar-refractivity contribution in [1.82, 2.24) is 0 Å². The van der Waals surface area contributed by atoms with Crippen LogP contribution in [-0.2, 0) is 15.3 Å². The van der Waals surface area contributed by atoms with E-state index in [-0.39, 0.29) is 5.41 Å². The molecule has 3 saturated carbocycles. The average molecular weight is 310 g/mol. The molecule has 0 aromatic heterocycles. The first-order chi connectivity index (χ1) is 10.7. The van der Waals surface area contributed by atoms with Crippen LogP contribution < -0.4 is 0 Å². The van der Waals surface area contributed by atoms with Crippen LogP contribution in [0.4, 0.5) is 0 Å². The number of sulfone groups is 1. The van der Waals surface area contributed by atoms with Gasteiger partial charge in [-0.1, -0.05) is 55.0 Å². The Bertz CT molecular complexity index is 828. The van der Waals surface area contributed by atoms with Crippen molar-refractivity contribution in [3.63, 3.8) is 0 Å². The predicted molar refractivity (Wildman–Crippen MR) is 85.3 cm³/mol. The zero-order valence-corrected chi connectivity index (χ0v) is 13.1. The molecule has 112 valence electrons. The summed E-state index contributed by atoms with van der Waals surface area (Å²) in [5, 5.41) is 0. The monoisotopic (exact) mass is 310 g/mol. The van der Waals surface area contributed by atoms with Gasteiger partial charge in [-0.3, -0.25) is 0 Å². The lowest BCUT2D eigenvalue weighted by atomic mass is 9.79. The molecule has 2 aromatic rings. The second-order valence-corrected chi connectivity index (χ2v) is 9.03. The Morgan fingerprint density at radius 2 is 1.36 bits per heavy atom. The highest BCUT2D eigenvalue weighted by molar-refractivity contribution is 7.93. The second kappa shape index (κ2) is 3.83. The molecule has 3 aliphatic rings. The maximum absolute atomic E-state index is 13.4. The smallest absolute Gasteiger partial charge is 0.185 e. The van der Waals surface area contributed by atoms with Gasteiger partial charge in [0.05, 0.1) is 9.64 Å². The fourth-order valence-electron chi connectivity index (χ4n) is 5.68.